The van der Waals surface area contributed by atoms with Crippen molar-refractivity contribution in [3.8, 4) is 0 Å². The SMILES string of the molecule is C=C1CC2CC[C@@]34C[C@H]5OC6C(O3)[C@H]3OC(CCC3O[C@H]6C5O4)CC(=O)CC3C(CC4OC(CCC1O2)C[C@@H](C)C4=C)C1CC1[C@H](CC(O)CO)[C@@H]3OC. The molecule has 300 valence electrons. The number of aliphatic hydroxyl groups excluding tert-OH is 2. The van der Waals surface area contributed by atoms with Gasteiger partial charge in [0.2, 0.25) is 0 Å². The van der Waals surface area contributed by atoms with Crippen LogP contribution in [0, 0.1) is 35.5 Å². The third kappa shape index (κ3) is 6.43. The Morgan fingerprint density at radius 2 is 1.50 bits per heavy atom. The lowest BCUT2D eigenvalue weighted by molar-refractivity contribution is -0.292. The summed E-state index contributed by atoms with van der Waals surface area (Å²) >= 11 is 0. The molecule has 0 amide bonds. The van der Waals surface area contributed by atoms with E-state index in [4.69, 9.17) is 37.9 Å². The van der Waals surface area contributed by atoms with Gasteiger partial charge in [0.05, 0.1) is 61.5 Å². The van der Waals surface area contributed by atoms with Gasteiger partial charge in [-0.3, -0.25) is 4.79 Å². The molecule has 11 heteroatoms. The van der Waals surface area contributed by atoms with Crippen molar-refractivity contribution in [3.63, 3.8) is 0 Å². The number of ether oxygens (including phenoxy) is 8. The first-order chi connectivity index (χ1) is 26.1. The number of carbonyl (C=O) groups is 1. The van der Waals surface area contributed by atoms with E-state index in [1.54, 1.807) is 7.11 Å². The molecule has 21 atom stereocenters. The zero-order valence-electron chi connectivity index (χ0n) is 32.1. The lowest BCUT2D eigenvalue weighted by Crippen LogP contribution is -2.61. The van der Waals surface area contributed by atoms with Gasteiger partial charge >= 0.3 is 0 Å². The van der Waals surface area contributed by atoms with E-state index >= 15 is 0 Å². The summed E-state index contributed by atoms with van der Waals surface area (Å²) in [5.74, 6) is 0.849. The van der Waals surface area contributed by atoms with Gasteiger partial charge in [0.1, 0.15) is 36.3 Å². The number of fused-ring (bicyclic) bond motifs is 8. The summed E-state index contributed by atoms with van der Waals surface area (Å²) in [7, 11) is 1.75. The van der Waals surface area contributed by atoms with Gasteiger partial charge in [0.25, 0.3) is 0 Å². The van der Waals surface area contributed by atoms with Crippen molar-refractivity contribution in [1.29, 1.82) is 0 Å². The average Bonchev–Trinajstić information content (AvgIpc) is 3.69. The van der Waals surface area contributed by atoms with Crippen molar-refractivity contribution in [2.75, 3.05) is 13.7 Å². The molecule has 11 rings (SSSR count). The Balaban J connectivity index is 0.947. The molecule has 11 fully saturated rings. The molecule has 12 bridgehead atoms. The molecule has 9 saturated heterocycles. The molecule has 54 heavy (non-hydrogen) atoms. The summed E-state index contributed by atoms with van der Waals surface area (Å²) in [5.41, 5.74) is 2.31. The van der Waals surface area contributed by atoms with Gasteiger partial charge in [0.15, 0.2) is 5.79 Å². The normalized spacial score (nSPS) is 54.4. The van der Waals surface area contributed by atoms with E-state index in [0.717, 1.165) is 68.9 Å². The van der Waals surface area contributed by atoms with E-state index in [9.17, 15) is 15.0 Å². The molecule has 0 aromatic heterocycles. The Kier molecular flexibility index (Phi) is 9.77. The monoisotopic (exact) mass is 754 g/mol. The number of hydrogen-bond acceptors (Lipinski definition) is 11. The predicted molar refractivity (Wildman–Crippen MR) is 194 cm³/mol. The Hall–Kier alpha value is -1.25. The minimum Gasteiger partial charge on any atom is -0.394 e. The minimum atomic E-state index is -0.804. The molecule has 2 aliphatic carbocycles. The van der Waals surface area contributed by atoms with Crippen LogP contribution >= 0.6 is 0 Å². The van der Waals surface area contributed by atoms with Crippen LogP contribution in [0.2, 0.25) is 0 Å². The summed E-state index contributed by atoms with van der Waals surface area (Å²) < 4.78 is 54.0. The summed E-state index contributed by atoms with van der Waals surface area (Å²) in [5, 5.41) is 20.4. The first-order valence-corrected chi connectivity index (χ1v) is 21.4. The molecular formula is C43H62O11. The molecule has 11 aliphatic rings. The largest absolute Gasteiger partial charge is 0.394 e. The molecule has 0 aromatic rings. The lowest BCUT2D eigenvalue weighted by atomic mass is 9.66. The number of hydrogen-bond donors (Lipinski definition) is 2. The Morgan fingerprint density at radius 3 is 2.33 bits per heavy atom. The number of rotatable bonds is 4. The molecule has 0 aromatic carbocycles. The zero-order valence-corrected chi connectivity index (χ0v) is 32.1. The van der Waals surface area contributed by atoms with E-state index < -0.39 is 11.9 Å². The van der Waals surface area contributed by atoms with Crippen LogP contribution in [0.15, 0.2) is 24.3 Å². The summed E-state index contributed by atoms with van der Waals surface area (Å²) in [4.78, 5) is 14.3. The molecule has 9 heterocycles. The van der Waals surface area contributed by atoms with Crippen LogP contribution in [0.5, 0.6) is 0 Å². The lowest BCUT2D eigenvalue weighted by Gasteiger charge is -2.47. The maximum Gasteiger partial charge on any atom is 0.172 e. The molecule has 11 nitrogen and oxygen atoms in total. The molecular weight excluding hydrogens is 692 g/mol. The number of ketones is 1. The van der Waals surface area contributed by atoms with E-state index in [1.807, 2.05) is 0 Å². The van der Waals surface area contributed by atoms with Crippen LogP contribution < -0.4 is 0 Å². The molecule has 2 N–H and O–H groups in total. The fourth-order valence-electron chi connectivity index (χ4n) is 13.1. The van der Waals surface area contributed by atoms with Crippen LogP contribution in [-0.4, -0.2) is 121 Å². The second-order valence-corrected chi connectivity index (χ2v) is 19.1. The van der Waals surface area contributed by atoms with Gasteiger partial charge in [-0.25, -0.2) is 0 Å². The second-order valence-electron chi connectivity index (χ2n) is 19.1. The number of aliphatic hydroxyl groups is 2. The smallest absolute Gasteiger partial charge is 0.172 e. The number of methoxy groups -OCH3 is 1. The van der Waals surface area contributed by atoms with Crippen LogP contribution in [-0.2, 0) is 42.7 Å². The van der Waals surface area contributed by atoms with Crippen molar-refractivity contribution < 1.29 is 52.9 Å². The van der Waals surface area contributed by atoms with E-state index in [0.29, 0.717) is 49.9 Å². The van der Waals surface area contributed by atoms with Crippen molar-refractivity contribution in [3.05, 3.63) is 24.3 Å². The fourth-order valence-corrected chi connectivity index (χ4v) is 13.1. The second kappa shape index (κ2) is 14.2. The molecule has 9 aliphatic heterocycles. The minimum absolute atomic E-state index is 0.00635. The molecule has 0 radical (unpaired) electrons. The third-order valence-corrected chi connectivity index (χ3v) is 15.8. The van der Waals surface area contributed by atoms with Gasteiger partial charge in [-0.1, -0.05) is 20.1 Å². The highest BCUT2D eigenvalue weighted by atomic mass is 16.8. The Labute approximate surface area is 319 Å². The number of Topliss-reactive ketones (excluding diaryl/α,β-unsaturated/α-hetero) is 1. The van der Waals surface area contributed by atoms with Gasteiger partial charge < -0.3 is 48.1 Å². The fraction of sp³-hybridized carbons (Fsp3) is 0.884. The van der Waals surface area contributed by atoms with E-state index in [-0.39, 0.29) is 109 Å². The predicted octanol–water partition coefficient (Wildman–Crippen LogP) is 4.59. The van der Waals surface area contributed by atoms with Crippen LogP contribution in [0.1, 0.15) is 96.8 Å². The van der Waals surface area contributed by atoms with Crippen LogP contribution in [0.4, 0.5) is 0 Å². The summed E-state index contributed by atoms with van der Waals surface area (Å²) in [6.07, 6.45) is 7.76. The highest BCUT2D eigenvalue weighted by Gasteiger charge is 2.69. The quantitative estimate of drug-likeness (QED) is 0.391. The van der Waals surface area contributed by atoms with Crippen molar-refractivity contribution in [2.45, 2.75) is 188 Å². The summed E-state index contributed by atoms with van der Waals surface area (Å²) in [6.45, 7) is 11.0. The Bertz CT molecular complexity index is 1470. The molecule has 2 saturated carbocycles. The van der Waals surface area contributed by atoms with Crippen molar-refractivity contribution >= 4 is 5.78 Å². The topological polar surface area (TPSA) is 131 Å². The highest BCUT2D eigenvalue weighted by Crippen LogP contribution is 2.62. The first-order valence-electron chi connectivity index (χ1n) is 21.4. The average molecular weight is 755 g/mol. The zero-order chi connectivity index (χ0) is 37.0. The van der Waals surface area contributed by atoms with Crippen molar-refractivity contribution in [2.24, 2.45) is 35.5 Å². The maximum absolute atomic E-state index is 14.3. The van der Waals surface area contributed by atoms with Crippen LogP contribution in [0.3, 0.4) is 0 Å². The molecule has 1 spiro atoms. The van der Waals surface area contributed by atoms with Crippen molar-refractivity contribution in [1.82, 2.24) is 0 Å². The Morgan fingerprint density at radius 1 is 0.759 bits per heavy atom. The van der Waals surface area contributed by atoms with E-state index in [1.165, 1.54) is 0 Å². The van der Waals surface area contributed by atoms with E-state index in [2.05, 4.69) is 20.1 Å². The molecule has 14 unspecified atom stereocenters. The third-order valence-electron chi connectivity index (χ3n) is 15.8. The first kappa shape index (κ1) is 37.0. The standard InChI is InChI=1S/C43H62O11/c1-20-11-25-5-7-33-21(2)12-27(48-33)9-10-43-18-36-39(53-43)40-41(52-36)42(54-43)38-34(51-40)8-6-26(50-38)13-23(45)14-31-30(17-35(49-25)22(20)3)28-16-29(28)32(37(31)47-4)15-24(46)19-44/h20,24-42,44,46H,2-3,5-19H2,1,4H3/t20-,24?,25?,26?,27?,28?,29?,30?,31?,32+,33?,34?,35?,36-,37-,38+,39?,40+,41?,42?,43+/m1/s1. The highest BCUT2D eigenvalue weighted by molar-refractivity contribution is 5.79. The van der Waals surface area contributed by atoms with Gasteiger partial charge in [0, 0.05) is 32.8 Å². The van der Waals surface area contributed by atoms with Gasteiger partial charge in [-0.2, -0.15) is 0 Å². The summed E-state index contributed by atoms with van der Waals surface area (Å²) in [6, 6.07) is 0. The van der Waals surface area contributed by atoms with Crippen LogP contribution in [0.25, 0.3) is 0 Å². The maximum atomic E-state index is 14.3. The van der Waals surface area contributed by atoms with Gasteiger partial charge in [-0.15, -0.1) is 0 Å². The van der Waals surface area contributed by atoms with Gasteiger partial charge in [-0.05, 0) is 111 Å². The number of carbonyl (C=O) groups excluding carboxylic acids is 1.